The van der Waals surface area contributed by atoms with Gasteiger partial charge in [0.2, 0.25) is 5.91 Å². The molecule has 0 aliphatic heterocycles. The second kappa shape index (κ2) is 5.35. The molecular formula is C22H28N2OS. The van der Waals surface area contributed by atoms with Crippen LogP contribution in [0.1, 0.15) is 81.2 Å². The van der Waals surface area contributed by atoms with Gasteiger partial charge in [0, 0.05) is 4.88 Å². The maximum atomic E-state index is 13.5. The van der Waals surface area contributed by atoms with Crippen molar-refractivity contribution in [2.24, 2.45) is 22.2 Å². The first-order valence-electron chi connectivity index (χ1n) is 10.2. The van der Waals surface area contributed by atoms with Gasteiger partial charge in [0.05, 0.1) is 11.0 Å². The van der Waals surface area contributed by atoms with Gasteiger partial charge < -0.3 is 5.32 Å². The maximum Gasteiger partial charge on any atom is 0.231 e. The Morgan fingerprint density at radius 2 is 1.81 bits per heavy atom. The second-order valence-corrected chi connectivity index (χ2v) is 11.5. The molecule has 5 aliphatic rings. The Morgan fingerprint density at radius 3 is 2.46 bits per heavy atom. The molecule has 1 amide bonds. The Balaban J connectivity index is 1.47. The molecule has 26 heavy (non-hydrogen) atoms. The molecule has 4 bridgehead atoms. The summed E-state index contributed by atoms with van der Waals surface area (Å²) in [6.07, 6.45) is 11.4. The molecule has 4 heteroatoms. The molecule has 2 atom stereocenters. The third kappa shape index (κ3) is 2.39. The van der Waals surface area contributed by atoms with Gasteiger partial charge in [-0.25, -0.2) is 0 Å². The summed E-state index contributed by atoms with van der Waals surface area (Å²) >= 11 is 1.66. The number of nitrogens with zero attached hydrogens (tertiary/aromatic N) is 1. The molecule has 5 aliphatic carbocycles. The molecule has 138 valence electrons. The predicted octanol–water partition coefficient (Wildman–Crippen LogP) is 5.43. The van der Waals surface area contributed by atoms with Crippen molar-refractivity contribution in [2.45, 2.75) is 78.1 Å². The van der Waals surface area contributed by atoms with E-state index in [1.165, 1.54) is 36.1 Å². The maximum absolute atomic E-state index is 13.5. The van der Waals surface area contributed by atoms with Crippen LogP contribution in [0.25, 0.3) is 0 Å². The summed E-state index contributed by atoms with van der Waals surface area (Å²) < 4.78 is 0. The summed E-state index contributed by atoms with van der Waals surface area (Å²) in [5.41, 5.74) is 2.42. The third-order valence-corrected chi connectivity index (χ3v) is 8.83. The van der Waals surface area contributed by atoms with Crippen LogP contribution in [0.4, 0.5) is 5.00 Å². The highest BCUT2D eigenvalue weighted by molar-refractivity contribution is 7.16. The number of amides is 1. The number of hydrogen-bond acceptors (Lipinski definition) is 3. The Labute approximate surface area is 160 Å². The lowest BCUT2D eigenvalue weighted by atomic mass is 9.40. The number of carbonyl (C=O) groups is 1. The minimum absolute atomic E-state index is 0.203. The monoisotopic (exact) mass is 368 g/mol. The topological polar surface area (TPSA) is 52.9 Å². The smallest absolute Gasteiger partial charge is 0.231 e. The summed E-state index contributed by atoms with van der Waals surface area (Å²) in [7, 11) is 0. The number of anilines is 1. The number of nitriles is 1. The van der Waals surface area contributed by atoms with Gasteiger partial charge in [-0.05, 0) is 86.5 Å². The van der Waals surface area contributed by atoms with Crippen LogP contribution in [0.5, 0.6) is 0 Å². The number of thiophene rings is 1. The van der Waals surface area contributed by atoms with Crippen molar-refractivity contribution in [1.29, 1.82) is 5.26 Å². The fourth-order valence-corrected chi connectivity index (χ4v) is 8.94. The zero-order valence-corrected chi connectivity index (χ0v) is 16.7. The van der Waals surface area contributed by atoms with E-state index in [9.17, 15) is 10.1 Å². The average Bonchev–Trinajstić information content (AvgIpc) is 2.88. The molecule has 4 fully saturated rings. The normalized spacial score (nSPS) is 40.1. The van der Waals surface area contributed by atoms with Gasteiger partial charge in [-0.1, -0.05) is 13.8 Å². The molecule has 4 saturated carbocycles. The van der Waals surface area contributed by atoms with Gasteiger partial charge in [0.15, 0.2) is 0 Å². The van der Waals surface area contributed by atoms with Gasteiger partial charge >= 0.3 is 0 Å². The van der Waals surface area contributed by atoms with Crippen molar-refractivity contribution in [1.82, 2.24) is 0 Å². The summed E-state index contributed by atoms with van der Waals surface area (Å²) in [5.74, 6) is 0.910. The molecule has 1 heterocycles. The molecule has 0 aromatic carbocycles. The van der Waals surface area contributed by atoms with E-state index < -0.39 is 0 Å². The van der Waals surface area contributed by atoms with Crippen LogP contribution in [0.15, 0.2) is 0 Å². The molecule has 0 unspecified atom stereocenters. The first-order valence-corrected chi connectivity index (χ1v) is 11.0. The molecule has 6 rings (SSSR count). The fraction of sp³-hybridized carbons (Fsp3) is 0.727. The fourth-order valence-electron chi connectivity index (χ4n) is 7.71. The number of rotatable bonds is 2. The van der Waals surface area contributed by atoms with Gasteiger partial charge in [-0.3, -0.25) is 4.79 Å². The zero-order chi connectivity index (χ0) is 18.2. The minimum atomic E-state index is -0.208. The largest absolute Gasteiger partial charge is 0.316 e. The van der Waals surface area contributed by atoms with Crippen molar-refractivity contribution < 1.29 is 4.79 Å². The molecule has 1 N–H and O–H groups in total. The Kier molecular flexibility index (Phi) is 3.46. The quantitative estimate of drug-likeness (QED) is 0.756. The highest BCUT2D eigenvalue weighted by atomic mass is 32.1. The molecule has 0 saturated heterocycles. The van der Waals surface area contributed by atoms with Crippen molar-refractivity contribution in [3.05, 3.63) is 16.0 Å². The van der Waals surface area contributed by atoms with E-state index in [0.29, 0.717) is 16.7 Å². The van der Waals surface area contributed by atoms with E-state index >= 15 is 0 Å². The van der Waals surface area contributed by atoms with Crippen molar-refractivity contribution in [2.75, 3.05) is 5.32 Å². The van der Waals surface area contributed by atoms with E-state index in [4.69, 9.17) is 0 Å². The molecule has 1 aromatic rings. The van der Waals surface area contributed by atoms with Crippen LogP contribution < -0.4 is 5.32 Å². The molecule has 1 aromatic heterocycles. The minimum Gasteiger partial charge on any atom is -0.316 e. The first-order chi connectivity index (χ1) is 12.3. The van der Waals surface area contributed by atoms with E-state index in [-0.39, 0.29) is 11.3 Å². The lowest BCUT2D eigenvalue weighted by Gasteiger charge is -2.64. The summed E-state index contributed by atoms with van der Waals surface area (Å²) in [5, 5.41) is 13.8. The highest BCUT2D eigenvalue weighted by Gasteiger charge is 2.62. The van der Waals surface area contributed by atoms with Crippen molar-refractivity contribution in [3.8, 4) is 6.07 Å². The van der Waals surface area contributed by atoms with Crippen LogP contribution in [0.2, 0.25) is 0 Å². The lowest BCUT2D eigenvalue weighted by Crippen LogP contribution is -2.58. The van der Waals surface area contributed by atoms with E-state index in [0.717, 1.165) is 49.1 Å². The lowest BCUT2D eigenvalue weighted by molar-refractivity contribution is -0.165. The van der Waals surface area contributed by atoms with Crippen LogP contribution in [0.3, 0.4) is 0 Å². The Morgan fingerprint density at radius 1 is 1.12 bits per heavy atom. The van der Waals surface area contributed by atoms with Gasteiger partial charge in [0.1, 0.15) is 11.1 Å². The Hall–Kier alpha value is -1.34. The van der Waals surface area contributed by atoms with Gasteiger partial charge in [0.25, 0.3) is 0 Å². The Bertz CT molecular complexity index is 814. The first kappa shape index (κ1) is 16.8. The number of nitrogens with one attached hydrogen (secondary N) is 1. The van der Waals surface area contributed by atoms with Crippen LogP contribution in [-0.2, 0) is 17.6 Å². The molecular weight excluding hydrogens is 340 g/mol. The van der Waals surface area contributed by atoms with Crippen LogP contribution in [0, 0.1) is 33.5 Å². The SMILES string of the molecule is C[C@]12CC3CC(C(=O)Nc4sc5c(c4C#N)CCCC5)(C1)C[C@](C)(C3)C2. The third-order valence-electron chi connectivity index (χ3n) is 7.62. The second-order valence-electron chi connectivity index (χ2n) is 10.4. The summed E-state index contributed by atoms with van der Waals surface area (Å²) in [4.78, 5) is 14.8. The highest BCUT2D eigenvalue weighted by Crippen LogP contribution is 2.69. The number of aryl methyl sites for hydroxylation is 1. The molecule has 3 nitrogen and oxygen atoms in total. The van der Waals surface area contributed by atoms with Crippen LogP contribution in [-0.4, -0.2) is 5.91 Å². The van der Waals surface area contributed by atoms with Crippen LogP contribution >= 0.6 is 11.3 Å². The summed E-state index contributed by atoms with van der Waals surface area (Å²) in [6, 6.07) is 2.39. The molecule has 0 radical (unpaired) electrons. The summed E-state index contributed by atoms with van der Waals surface area (Å²) in [6.45, 7) is 4.81. The van der Waals surface area contributed by atoms with E-state index in [1.54, 1.807) is 11.3 Å². The van der Waals surface area contributed by atoms with Crippen molar-refractivity contribution in [3.63, 3.8) is 0 Å². The van der Waals surface area contributed by atoms with Gasteiger partial charge in [-0.2, -0.15) is 5.26 Å². The van der Waals surface area contributed by atoms with Gasteiger partial charge in [-0.15, -0.1) is 11.3 Å². The predicted molar refractivity (Wildman–Crippen MR) is 104 cm³/mol. The standard InChI is InChI=1S/C22H28N2OS/c1-20-7-14-8-21(2,11-20)13-22(9-14,12-20)19(25)24-18-16(10-23)15-5-3-4-6-17(15)26-18/h14H,3-9,11-13H2,1-2H3,(H,24,25)/t14?,20-,21-,22?/m1/s1. The van der Waals surface area contributed by atoms with E-state index in [2.05, 4.69) is 25.2 Å². The average molecular weight is 369 g/mol. The molecule has 0 spiro atoms. The number of carbonyl (C=O) groups excluding carboxylic acids is 1. The van der Waals surface area contributed by atoms with Crippen molar-refractivity contribution >= 4 is 22.2 Å². The zero-order valence-electron chi connectivity index (χ0n) is 15.9. The number of fused-ring (bicyclic) bond motifs is 1. The number of hydrogen-bond donors (Lipinski definition) is 1. The van der Waals surface area contributed by atoms with E-state index in [1.807, 2.05) is 0 Å².